The fourth-order valence-electron chi connectivity index (χ4n) is 2.82. The number of pyridine rings is 1. The molecule has 0 spiro atoms. The molecule has 0 aliphatic heterocycles. The highest BCUT2D eigenvalue weighted by molar-refractivity contribution is 7.99. The van der Waals surface area contributed by atoms with Crippen LogP contribution in [0.2, 0.25) is 10.0 Å². The maximum Gasteiger partial charge on any atom is 0.312 e. The van der Waals surface area contributed by atoms with Gasteiger partial charge >= 0.3 is 6.03 Å². The van der Waals surface area contributed by atoms with Crippen LogP contribution >= 0.6 is 35.0 Å². The van der Waals surface area contributed by atoms with Crippen molar-refractivity contribution in [3.8, 4) is 0 Å². The summed E-state index contributed by atoms with van der Waals surface area (Å²) in [5, 5.41) is 4.75. The number of hydrogen-bond acceptors (Lipinski definition) is 4. The molecule has 2 aromatic heterocycles. The standard InChI is InChI=1S/C20H21Cl2N5OS/c1-12(2)18-19(29-16-8-14(21)7-15(22)9-16)27(11-13-3-5-24-6-4-13)17(26-18)10-25-20(23)28/h3-9,12H,10-11H2,1-2H3,(H3,23,25,28). The summed E-state index contributed by atoms with van der Waals surface area (Å²) in [6.07, 6.45) is 3.50. The van der Waals surface area contributed by atoms with Gasteiger partial charge in [0.2, 0.25) is 0 Å². The first-order valence-corrected chi connectivity index (χ1v) is 10.6. The maximum absolute atomic E-state index is 11.3. The number of amides is 2. The third kappa shape index (κ3) is 5.65. The third-order valence-electron chi connectivity index (χ3n) is 4.13. The van der Waals surface area contributed by atoms with Crippen molar-refractivity contribution in [2.75, 3.05) is 0 Å². The highest BCUT2D eigenvalue weighted by Crippen LogP contribution is 2.37. The van der Waals surface area contributed by atoms with E-state index in [1.807, 2.05) is 24.3 Å². The van der Waals surface area contributed by atoms with Crippen molar-refractivity contribution in [3.63, 3.8) is 0 Å². The molecule has 0 bridgehead atoms. The Bertz CT molecular complexity index is 987. The molecule has 0 aliphatic rings. The van der Waals surface area contributed by atoms with Gasteiger partial charge < -0.3 is 15.6 Å². The predicted octanol–water partition coefficient (Wildman–Crippen LogP) is 5.08. The SMILES string of the molecule is CC(C)c1nc(CNC(N)=O)n(Cc2ccncc2)c1Sc1cc(Cl)cc(Cl)c1. The van der Waals surface area contributed by atoms with Crippen LogP contribution in [0, 0.1) is 0 Å². The second-order valence-corrected chi connectivity index (χ2v) is 8.67. The summed E-state index contributed by atoms with van der Waals surface area (Å²) in [6.45, 7) is 4.98. The monoisotopic (exact) mass is 449 g/mol. The Balaban J connectivity index is 2.08. The normalized spacial score (nSPS) is 11.1. The summed E-state index contributed by atoms with van der Waals surface area (Å²) < 4.78 is 2.08. The van der Waals surface area contributed by atoms with Gasteiger partial charge in [0, 0.05) is 33.9 Å². The first-order valence-electron chi connectivity index (χ1n) is 8.99. The summed E-state index contributed by atoms with van der Waals surface area (Å²) >= 11 is 13.9. The molecule has 0 fully saturated rings. The minimum Gasteiger partial charge on any atom is -0.352 e. The third-order valence-corrected chi connectivity index (χ3v) is 5.66. The van der Waals surface area contributed by atoms with Gasteiger partial charge in [0.05, 0.1) is 12.2 Å². The summed E-state index contributed by atoms with van der Waals surface area (Å²) in [6, 6.07) is 8.74. The number of halogens is 2. The summed E-state index contributed by atoms with van der Waals surface area (Å²) in [5.41, 5.74) is 7.27. The smallest absolute Gasteiger partial charge is 0.312 e. The van der Waals surface area contributed by atoms with E-state index in [1.54, 1.807) is 30.2 Å². The number of carbonyl (C=O) groups excluding carboxylic acids is 1. The van der Waals surface area contributed by atoms with E-state index in [1.165, 1.54) is 0 Å². The number of nitrogens with two attached hydrogens (primary N) is 1. The van der Waals surface area contributed by atoms with Crippen molar-refractivity contribution in [1.29, 1.82) is 0 Å². The predicted molar refractivity (Wildman–Crippen MR) is 117 cm³/mol. The van der Waals surface area contributed by atoms with Gasteiger partial charge in [-0.05, 0) is 41.8 Å². The van der Waals surface area contributed by atoms with Gasteiger partial charge in [-0.3, -0.25) is 4.98 Å². The van der Waals surface area contributed by atoms with Crippen LogP contribution in [0.1, 0.15) is 36.8 Å². The zero-order valence-corrected chi connectivity index (χ0v) is 18.4. The molecule has 0 radical (unpaired) electrons. The van der Waals surface area contributed by atoms with E-state index in [2.05, 4.69) is 28.7 Å². The Morgan fingerprint density at radius 1 is 1.21 bits per heavy atom. The number of rotatable bonds is 7. The zero-order valence-electron chi connectivity index (χ0n) is 16.0. The summed E-state index contributed by atoms with van der Waals surface area (Å²) in [4.78, 5) is 21.1. The number of hydrogen-bond donors (Lipinski definition) is 2. The Morgan fingerprint density at radius 2 is 1.86 bits per heavy atom. The van der Waals surface area contributed by atoms with Gasteiger partial charge in [-0.25, -0.2) is 9.78 Å². The van der Waals surface area contributed by atoms with E-state index in [9.17, 15) is 4.79 Å². The molecule has 1 aromatic carbocycles. The molecular formula is C20H21Cl2N5OS. The number of urea groups is 1. The topological polar surface area (TPSA) is 85.8 Å². The van der Waals surface area contributed by atoms with Crippen molar-refractivity contribution >= 4 is 41.0 Å². The molecule has 9 heteroatoms. The molecule has 152 valence electrons. The highest BCUT2D eigenvalue weighted by Gasteiger charge is 2.21. The molecule has 0 saturated carbocycles. The molecule has 6 nitrogen and oxygen atoms in total. The van der Waals surface area contributed by atoms with Gasteiger partial charge in [0.15, 0.2) is 0 Å². The molecule has 0 unspecified atom stereocenters. The van der Waals surface area contributed by atoms with Crippen LogP contribution in [0.5, 0.6) is 0 Å². The lowest BCUT2D eigenvalue weighted by Crippen LogP contribution is -2.30. The number of nitrogens with zero attached hydrogens (tertiary/aromatic N) is 3. The fourth-order valence-corrected chi connectivity index (χ4v) is 4.74. The van der Waals surface area contributed by atoms with Crippen molar-refractivity contribution in [1.82, 2.24) is 19.9 Å². The fraction of sp³-hybridized carbons (Fsp3) is 0.250. The summed E-state index contributed by atoms with van der Waals surface area (Å²) in [5.74, 6) is 0.901. The zero-order chi connectivity index (χ0) is 21.0. The van der Waals surface area contributed by atoms with Crippen molar-refractivity contribution in [3.05, 3.63) is 69.9 Å². The van der Waals surface area contributed by atoms with Gasteiger partial charge in [-0.15, -0.1) is 0 Å². The van der Waals surface area contributed by atoms with E-state index in [0.717, 1.165) is 27.0 Å². The molecule has 0 atom stereocenters. The lowest BCUT2D eigenvalue weighted by Gasteiger charge is -2.14. The van der Waals surface area contributed by atoms with Crippen LogP contribution in [-0.2, 0) is 13.1 Å². The lowest BCUT2D eigenvalue weighted by atomic mass is 10.1. The molecule has 3 aromatic rings. The van der Waals surface area contributed by atoms with Crippen LogP contribution in [0.15, 0.2) is 52.6 Å². The summed E-state index contributed by atoms with van der Waals surface area (Å²) in [7, 11) is 0. The molecule has 0 saturated heterocycles. The first kappa shape index (κ1) is 21.5. The molecule has 0 aliphatic carbocycles. The second-order valence-electron chi connectivity index (χ2n) is 6.74. The van der Waals surface area contributed by atoms with Crippen LogP contribution < -0.4 is 11.1 Å². The Morgan fingerprint density at radius 3 is 2.45 bits per heavy atom. The highest BCUT2D eigenvalue weighted by atomic mass is 35.5. The Hall–Kier alpha value is -2.22. The van der Waals surface area contributed by atoms with Gasteiger partial charge in [-0.2, -0.15) is 0 Å². The van der Waals surface area contributed by atoms with E-state index < -0.39 is 6.03 Å². The van der Waals surface area contributed by atoms with Crippen LogP contribution in [0.4, 0.5) is 4.79 Å². The number of carbonyl (C=O) groups is 1. The van der Waals surface area contributed by atoms with Crippen LogP contribution in [0.3, 0.4) is 0 Å². The molecule has 2 heterocycles. The molecular weight excluding hydrogens is 429 g/mol. The van der Waals surface area contributed by atoms with E-state index >= 15 is 0 Å². The number of nitrogens with one attached hydrogen (secondary N) is 1. The van der Waals surface area contributed by atoms with Crippen molar-refractivity contribution in [2.24, 2.45) is 5.73 Å². The van der Waals surface area contributed by atoms with E-state index in [0.29, 0.717) is 16.6 Å². The van der Waals surface area contributed by atoms with Gasteiger partial charge in [0.25, 0.3) is 0 Å². The molecule has 29 heavy (non-hydrogen) atoms. The maximum atomic E-state index is 11.3. The average Bonchev–Trinajstić information content (AvgIpc) is 2.97. The first-order chi connectivity index (χ1) is 13.8. The number of imidazole rings is 1. The lowest BCUT2D eigenvalue weighted by molar-refractivity contribution is 0.248. The van der Waals surface area contributed by atoms with Crippen molar-refractivity contribution < 1.29 is 4.79 Å². The molecule has 3 N–H and O–H groups in total. The number of aromatic nitrogens is 3. The average molecular weight is 450 g/mol. The van der Waals surface area contributed by atoms with Crippen molar-refractivity contribution in [2.45, 2.75) is 42.8 Å². The van der Waals surface area contributed by atoms with Crippen LogP contribution in [-0.4, -0.2) is 20.6 Å². The Kier molecular flexibility index (Phi) is 7.05. The van der Waals surface area contributed by atoms with E-state index in [4.69, 9.17) is 33.9 Å². The second kappa shape index (κ2) is 9.52. The molecule has 3 rings (SSSR count). The quantitative estimate of drug-likeness (QED) is 0.526. The number of benzene rings is 1. The molecule has 2 amide bonds. The van der Waals surface area contributed by atoms with E-state index in [-0.39, 0.29) is 12.5 Å². The minimum absolute atomic E-state index is 0.179. The van der Waals surface area contributed by atoms with Crippen LogP contribution in [0.25, 0.3) is 0 Å². The minimum atomic E-state index is -0.592. The Labute approximate surface area is 183 Å². The largest absolute Gasteiger partial charge is 0.352 e. The van der Waals surface area contributed by atoms with Gasteiger partial charge in [0.1, 0.15) is 10.9 Å². The number of primary amides is 1. The van der Waals surface area contributed by atoms with Gasteiger partial charge in [-0.1, -0.05) is 48.8 Å².